The monoisotopic (exact) mass is 293 g/mol. The Hall–Kier alpha value is -2.76. The Bertz CT molecular complexity index is 869. The summed E-state index contributed by atoms with van der Waals surface area (Å²) < 4.78 is 1.52. The summed E-state index contributed by atoms with van der Waals surface area (Å²) in [6.45, 7) is 2.39. The molecule has 6 nitrogen and oxygen atoms in total. The molecule has 0 spiro atoms. The van der Waals surface area contributed by atoms with E-state index in [1.165, 1.54) is 10.7 Å². The van der Waals surface area contributed by atoms with E-state index in [0.717, 1.165) is 29.9 Å². The van der Waals surface area contributed by atoms with E-state index in [2.05, 4.69) is 20.0 Å². The molecule has 110 valence electrons. The Kier molecular flexibility index (Phi) is 3.07. The number of anilines is 1. The summed E-state index contributed by atoms with van der Waals surface area (Å²) in [5.74, 6) is 1.31. The molecule has 0 atom stereocenters. The van der Waals surface area contributed by atoms with Gasteiger partial charge in [-0.2, -0.15) is 5.10 Å². The summed E-state index contributed by atoms with van der Waals surface area (Å²) in [5, 5.41) is 4.10. The number of nitrogens with zero attached hydrogens (tertiary/aromatic N) is 5. The molecular weight excluding hydrogens is 278 g/mol. The molecule has 6 heteroatoms. The van der Waals surface area contributed by atoms with Gasteiger partial charge in [0.2, 0.25) is 0 Å². The van der Waals surface area contributed by atoms with Crippen LogP contribution in [-0.4, -0.2) is 32.8 Å². The lowest BCUT2D eigenvalue weighted by atomic mass is 10.0. The first kappa shape index (κ1) is 12.9. The van der Waals surface area contributed by atoms with Crippen molar-refractivity contribution in [1.82, 2.24) is 19.7 Å². The van der Waals surface area contributed by atoms with Gasteiger partial charge < -0.3 is 4.90 Å². The van der Waals surface area contributed by atoms with Crippen molar-refractivity contribution in [2.24, 2.45) is 5.92 Å². The molecule has 1 aliphatic heterocycles. The van der Waals surface area contributed by atoms with Crippen LogP contribution in [0.15, 0.2) is 53.6 Å². The highest BCUT2D eigenvalue weighted by Gasteiger charge is 2.28. The minimum Gasteiger partial charge on any atom is -0.354 e. The molecule has 1 saturated heterocycles. The fourth-order valence-corrected chi connectivity index (χ4v) is 2.74. The maximum Gasteiger partial charge on any atom is 0.266 e. The number of hydrogen-bond donors (Lipinski definition) is 0. The topological polar surface area (TPSA) is 63.9 Å². The smallest absolute Gasteiger partial charge is 0.266 e. The van der Waals surface area contributed by atoms with Crippen molar-refractivity contribution in [1.29, 1.82) is 0 Å². The van der Waals surface area contributed by atoms with E-state index >= 15 is 0 Å². The van der Waals surface area contributed by atoms with Crippen LogP contribution in [0.3, 0.4) is 0 Å². The Morgan fingerprint density at radius 3 is 2.73 bits per heavy atom. The van der Waals surface area contributed by atoms with Crippen molar-refractivity contribution in [3.8, 4) is 0 Å². The Labute approximate surface area is 127 Å². The highest BCUT2D eigenvalue weighted by molar-refractivity contribution is 5.75. The molecule has 2 aromatic heterocycles. The van der Waals surface area contributed by atoms with Gasteiger partial charge >= 0.3 is 0 Å². The van der Waals surface area contributed by atoms with Gasteiger partial charge in [-0.1, -0.05) is 12.1 Å². The quantitative estimate of drug-likeness (QED) is 0.729. The van der Waals surface area contributed by atoms with Gasteiger partial charge in [0, 0.05) is 31.3 Å². The van der Waals surface area contributed by atoms with Crippen LogP contribution in [0.2, 0.25) is 0 Å². The van der Waals surface area contributed by atoms with Crippen LogP contribution in [0.1, 0.15) is 0 Å². The fourth-order valence-electron chi connectivity index (χ4n) is 2.74. The first-order valence-electron chi connectivity index (χ1n) is 7.28. The first-order chi connectivity index (χ1) is 10.8. The number of hydrogen-bond acceptors (Lipinski definition) is 5. The second-order valence-electron chi connectivity index (χ2n) is 5.53. The summed E-state index contributed by atoms with van der Waals surface area (Å²) >= 11 is 0. The number of fused-ring (bicyclic) bond motifs is 1. The maximum absolute atomic E-state index is 11.7. The van der Waals surface area contributed by atoms with Gasteiger partial charge in [-0.05, 0) is 18.2 Å². The van der Waals surface area contributed by atoms with E-state index in [4.69, 9.17) is 0 Å². The maximum atomic E-state index is 11.7. The molecule has 1 fully saturated rings. The summed E-state index contributed by atoms with van der Waals surface area (Å²) in [6, 6.07) is 11.1. The lowest BCUT2D eigenvalue weighted by Crippen LogP contribution is -2.50. The van der Waals surface area contributed by atoms with Gasteiger partial charge in [-0.15, -0.1) is 0 Å². The fraction of sp³-hybridized carbons (Fsp3) is 0.250. The molecule has 22 heavy (non-hydrogen) atoms. The van der Waals surface area contributed by atoms with Crippen molar-refractivity contribution in [2.45, 2.75) is 6.54 Å². The average molecular weight is 293 g/mol. The normalized spacial score (nSPS) is 15.0. The van der Waals surface area contributed by atoms with Crippen LogP contribution in [0.4, 0.5) is 5.82 Å². The first-order valence-corrected chi connectivity index (χ1v) is 7.28. The van der Waals surface area contributed by atoms with Crippen molar-refractivity contribution in [3.63, 3.8) is 0 Å². The number of benzene rings is 1. The van der Waals surface area contributed by atoms with Crippen LogP contribution >= 0.6 is 0 Å². The van der Waals surface area contributed by atoms with Gasteiger partial charge in [0.25, 0.3) is 5.56 Å². The van der Waals surface area contributed by atoms with Gasteiger partial charge in [0.15, 0.2) is 0 Å². The third-order valence-corrected chi connectivity index (χ3v) is 3.93. The predicted octanol–water partition coefficient (Wildman–Crippen LogP) is 1.32. The minimum atomic E-state index is -0.0496. The Morgan fingerprint density at radius 2 is 1.91 bits per heavy atom. The van der Waals surface area contributed by atoms with E-state index in [9.17, 15) is 4.79 Å². The van der Waals surface area contributed by atoms with Crippen LogP contribution in [0, 0.1) is 5.92 Å². The van der Waals surface area contributed by atoms with Gasteiger partial charge in [-0.25, -0.2) is 9.67 Å². The van der Waals surface area contributed by atoms with E-state index in [1.54, 1.807) is 12.3 Å². The molecule has 1 aromatic carbocycles. The van der Waals surface area contributed by atoms with Crippen molar-refractivity contribution >= 4 is 16.9 Å². The van der Waals surface area contributed by atoms with Crippen LogP contribution in [0.5, 0.6) is 0 Å². The molecule has 3 heterocycles. The molecule has 0 saturated carbocycles. The Balaban J connectivity index is 1.46. The zero-order valence-electron chi connectivity index (χ0n) is 12.0. The standard InChI is InChI=1S/C16H15N5O/c22-16-6-3-7-18-21(16)11-12-9-20(10-12)15-8-17-13-4-1-2-5-14(13)19-15/h1-8,12H,9-11H2. The minimum absolute atomic E-state index is 0.0496. The molecule has 0 unspecified atom stereocenters. The van der Waals surface area contributed by atoms with Crippen molar-refractivity contribution in [3.05, 3.63) is 59.1 Å². The summed E-state index contributed by atoms with van der Waals surface area (Å²) in [4.78, 5) is 22.9. The molecule has 0 amide bonds. The molecule has 3 aromatic rings. The summed E-state index contributed by atoms with van der Waals surface area (Å²) in [7, 11) is 0. The lowest BCUT2D eigenvalue weighted by Gasteiger charge is -2.39. The molecule has 1 aliphatic rings. The summed E-state index contributed by atoms with van der Waals surface area (Å²) in [5.41, 5.74) is 1.76. The number of aromatic nitrogens is 4. The third kappa shape index (κ3) is 2.32. The second-order valence-corrected chi connectivity index (χ2v) is 5.53. The van der Waals surface area contributed by atoms with Gasteiger partial charge in [0.1, 0.15) is 5.82 Å². The molecule has 0 N–H and O–H groups in total. The molecule has 4 rings (SSSR count). The van der Waals surface area contributed by atoms with Crippen LogP contribution in [-0.2, 0) is 6.54 Å². The van der Waals surface area contributed by atoms with Crippen molar-refractivity contribution in [2.75, 3.05) is 18.0 Å². The summed E-state index contributed by atoms with van der Waals surface area (Å²) in [6.07, 6.45) is 3.46. The van der Waals surface area contributed by atoms with Crippen LogP contribution < -0.4 is 10.5 Å². The predicted molar refractivity (Wildman–Crippen MR) is 83.7 cm³/mol. The van der Waals surface area contributed by atoms with Crippen LogP contribution in [0.25, 0.3) is 11.0 Å². The second kappa shape index (κ2) is 5.22. The van der Waals surface area contributed by atoms with E-state index in [-0.39, 0.29) is 5.56 Å². The average Bonchev–Trinajstić information content (AvgIpc) is 2.51. The third-order valence-electron chi connectivity index (χ3n) is 3.93. The SMILES string of the molecule is O=c1cccnn1CC1CN(c2cnc3ccccc3n2)C1. The highest BCUT2D eigenvalue weighted by Crippen LogP contribution is 2.24. The molecule has 0 bridgehead atoms. The number of para-hydroxylation sites is 2. The van der Waals surface area contributed by atoms with Gasteiger partial charge in [0.05, 0.1) is 23.8 Å². The van der Waals surface area contributed by atoms with Crippen molar-refractivity contribution < 1.29 is 0 Å². The highest BCUT2D eigenvalue weighted by atomic mass is 16.1. The Morgan fingerprint density at radius 1 is 1.09 bits per heavy atom. The number of rotatable bonds is 3. The van der Waals surface area contributed by atoms with E-state index in [1.807, 2.05) is 30.5 Å². The van der Waals surface area contributed by atoms with Gasteiger partial charge in [-0.3, -0.25) is 9.78 Å². The molecular formula is C16H15N5O. The van der Waals surface area contributed by atoms with E-state index < -0.39 is 0 Å². The zero-order chi connectivity index (χ0) is 14.9. The molecule has 0 radical (unpaired) electrons. The lowest BCUT2D eigenvalue weighted by molar-refractivity contribution is 0.333. The molecule has 0 aliphatic carbocycles. The largest absolute Gasteiger partial charge is 0.354 e. The van der Waals surface area contributed by atoms with E-state index in [0.29, 0.717) is 12.5 Å². The zero-order valence-corrected chi connectivity index (χ0v) is 12.0.